The Hall–Kier alpha value is -2.38. The van der Waals surface area contributed by atoms with Crippen LogP contribution in [-0.4, -0.2) is 38.6 Å². The summed E-state index contributed by atoms with van der Waals surface area (Å²) in [7, 11) is 0. The number of piperidine rings is 1. The van der Waals surface area contributed by atoms with Crippen LogP contribution in [0.2, 0.25) is 5.02 Å². The molecule has 4 nitrogen and oxygen atoms in total. The number of fused-ring (bicyclic) bond motifs is 2. The first-order valence-electron chi connectivity index (χ1n) is 11.3. The number of β-amino-alcohol motifs (C(OH)–C–C–N with tert-alkyl or cyclic N) is 1. The molecule has 172 valence electrons. The van der Waals surface area contributed by atoms with E-state index in [0.717, 1.165) is 59.6 Å². The number of H-pyrrole nitrogens is 1. The van der Waals surface area contributed by atoms with Crippen molar-refractivity contribution in [3.05, 3.63) is 83.1 Å². The first-order chi connectivity index (χ1) is 16.0. The first-order valence-corrected chi connectivity index (χ1v) is 12.5. The summed E-state index contributed by atoms with van der Waals surface area (Å²) in [4.78, 5) is 5.87. The van der Waals surface area contributed by atoms with Crippen LogP contribution in [0.4, 0.5) is 4.39 Å². The summed E-state index contributed by atoms with van der Waals surface area (Å²) in [6.45, 7) is 3.40. The van der Waals surface area contributed by atoms with Crippen LogP contribution in [-0.2, 0) is 6.54 Å². The van der Waals surface area contributed by atoms with Gasteiger partial charge in [0.15, 0.2) is 0 Å². The average molecular weight is 484 g/mol. The van der Waals surface area contributed by atoms with E-state index in [1.807, 2.05) is 24.3 Å². The van der Waals surface area contributed by atoms with Crippen LogP contribution in [0.15, 0.2) is 66.7 Å². The average Bonchev–Trinajstić information content (AvgIpc) is 2.97. The van der Waals surface area contributed by atoms with E-state index < -0.39 is 6.10 Å². The SMILES string of the molecule is OC(CN1CCC(Cn2sc3ccccc3[nH]c3ccc(Cl)cc32)CC1)c1ccc(F)cc1. The fourth-order valence-corrected chi connectivity index (χ4v) is 5.83. The largest absolute Gasteiger partial charge is 0.387 e. The normalized spacial score (nSPS) is 16.3. The highest BCUT2D eigenvalue weighted by molar-refractivity contribution is 7.13. The molecule has 3 aromatic carbocycles. The van der Waals surface area contributed by atoms with Crippen LogP contribution < -0.4 is 0 Å². The second-order valence-corrected chi connectivity index (χ2v) is 10.2. The topological polar surface area (TPSA) is 44.2 Å². The maximum Gasteiger partial charge on any atom is 0.123 e. The molecule has 2 N–H and O–H groups in total. The number of aromatic nitrogens is 2. The van der Waals surface area contributed by atoms with E-state index in [1.165, 1.54) is 16.8 Å². The number of rotatable bonds is 5. The van der Waals surface area contributed by atoms with E-state index in [1.54, 1.807) is 23.7 Å². The Morgan fingerprint density at radius 2 is 1.79 bits per heavy atom. The fraction of sp³-hybridized carbons (Fsp3) is 0.308. The lowest BCUT2D eigenvalue weighted by Gasteiger charge is -2.33. The third-order valence-electron chi connectivity index (χ3n) is 6.41. The van der Waals surface area contributed by atoms with Crippen LogP contribution in [0.5, 0.6) is 0 Å². The van der Waals surface area contributed by atoms with Gasteiger partial charge in [0.25, 0.3) is 0 Å². The van der Waals surface area contributed by atoms with Crippen molar-refractivity contribution in [2.45, 2.75) is 25.5 Å². The molecule has 1 fully saturated rings. The number of aliphatic hydroxyl groups excluding tert-OH is 1. The lowest BCUT2D eigenvalue weighted by atomic mass is 9.96. The molecule has 5 rings (SSSR count). The molecule has 7 heteroatoms. The zero-order valence-electron chi connectivity index (χ0n) is 18.3. The minimum absolute atomic E-state index is 0.279. The quantitative estimate of drug-likeness (QED) is 0.338. The van der Waals surface area contributed by atoms with E-state index >= 15 is 0 Å². The molecule has 4 aromatic rings. The molecule has 0 radical (unpaired) electrons. The molecule has 0 aliphatic carbocycles. The Labute approximate surface area is 201 Å². The van der Waals surface area contributed by atoms with E-state index in [9.17, 15) is 9.50 Å². The third-order valence-corrected chi connectivity index (χ3v) is 7.76. The Balaban J connectivity index is 1.31. The Kier molecular flexibility index (Phi) is 6.69. The summed E-state index contributed by atoms with van der Waals surface area (Å²) in [5, 5.41) is 11.3. The lowest BCUT2D eigenvalue weighted by Crippen LogP contribution is -2.37. The van der Waals surface area contributed by atoms with Crippen LogP contribution >= 0.6 is 23.1 Å². The summed E-state index contributed by atoms with van der Waals surface area (Å²) in [6, 6.07) is 20.5. The van der Waals surface area contributed by atoms with Crippen LogP contribution in [0.25, 0.3) is 21.3 Å². The number of aromatic amines is 1. The molecule has 0 amide bonds. The number of likely N-dealkylation sites (tertiary alicyclic amines) is 1. The van der Waals surface area contributed by atoms with Crippen molar-refractivity contribution in [2.75, 3.05) is 19.6 Å². The summed E-state index contributed by atoms with van der Waals surface area (Å²) < 4.78 is 16.7. The van der Waals surface area contributed by atoms with Gasteiger partial charge in [-0.3, -0.25) is 3.96 Å². The minimum Gasteiger partial charge on any atom is -0.387 e. The smallest absolute Gasteiger partial charge is 0.123 e. The molecule has 1 atom stereocenters. The summed E-state index contributed by atoms with van der Waals surface area (Å²) >= 11 is 8.12. The van der Waals surface area contributed by atoms with Crippen molar-refractivity contribution in [2.24, 2.45) is 5.92 Å². The van der Waals surface area contributed by atoms with Gasteiger partial charge >= 0.3 is 0 Å². The number of para-hydroxylation sites is 1. The number of nitrogens with one attached hydrogen (secondary N) is 1. The molecule has 0 bridgehead atoms. The number of hydrogen-bond acceptors (Lipinski definition) is 3. The maximum absolute atomic E-state index is 13.2. The number of nitrogens with zero attached hydrogens (tertiary/aromatic N) is 2. The van der Waals surface area contributed by atoms with Crippen molar-refractivity contribution < 1.29 is 9.50 Å². The minimum atomic E-state index is -0.597. The van der Waals surface area contributed by atoms with Gasteiger partial charge in [-0.05, 0) is 79.9 Å². The summed E-state index contributed by atoms with van der Waals surface area (Å²) in [5.41, 5.74) is 4.05. The Bertz CT molecular complexity index is 1290. The van der Waals surface area contributed by atoms with Crippen molar-refractivity contribution in [1.82, 2.24) is 13.8 Å². The van der Waals surface area contributed by atoms with Gasteiger partial charge in [-0.25, -0.2) is 4.39 Å². The van der Waals surface area contributed by atoms with Gasteiger partial charge in [0.05, 0.1) is 27.4 Å². The van der Waals surface area contributed by atoms with E-state index in [0.29, 0.717) is 12.5 Å². The fourth-order valence-electron chi connectivity index (χ4n) is 4.54. The van der Waals surface area contributed by atoms with Crippen molar-refractivity contribution in [3.8, 4) is 0 Å². The third kappa shape index (κ3) is 5.25. The molecular formula is C26H27ClFN3OS. The highest BCUT2D eigenvalue weighted by Gasteiger charge is 2.22. The van der Waals surface area contributed by atoms with E-state index in [-0.39, 0.29) is 5.82 Å². The van der Waals surface area contributed by atoms with Gasteiger partial charge in [-0.2, -0.15) is 0 Å². The van der Waals surface area contributed by atoms with Crippen molar-refractivity contribution in [3.63, 3.8) is 0 Å². The number of hydrogen-bond donors (Lipinski definition) is 2. The molecule has 1 saturated heterocycles. The maximum atomic E-state index is 13.2. The molecule has 1 aromatic heterocycles. The molecular weight excluding hydrogens is 457 g/mol. The molecule has 2 heterocycles. The van der Waals surface area contributed by atoms with Crippen molar-refractivity contribution >= 4 is 44.4 Å². The lowest BCUT2D eigenvalue weighted by molar-refractivity contribution is 0.0872. The Morgan fingerprint density at radius 1 is 1.03 bits per heavy atom. The standard InChI is InChI=1S/C26H27ClFN3OS/c27-20-7-10-22-24(15-20)31(33-26-4-2-1-3-23(26)29-22)16-18-11-13-30(14-12-18)17-25(32)19-5-8-21(28)9-6-19/h1-10,15,18,25,29,32H,11-14,16-17H2. The van der Waals surface area contributed by atoms with Crippen molar-refractivity contribution in [1.29, 1.82) is 0 Å². The molecule has 1 unspecified atom stereocenters. The highest BCUT2D eigenvalue weighted by atomic mass is 35.5. The molecule has 1 aliphatic rings. The van der Waals surface area contributed by atoms with Gasteiger partial charge in [0.2, 0.25) is 0 Å². The van der Waals surface area contributed by atoms with Crippen LogP contribution in [0, 0.1) is 11.7 Å². The molecule has 0 saturated carbocycles. The van der Waals surface area contributed by atoms with Gasteiger partial charge in [0, 0.05) is 18.1 Å². The van der Waals surface area contributed by atoms with E-state index in [4.69, 9.17) is 11.6 Å². The number of aliphatic hydroxyl groups is 1. The molecule has 0 spiro atoms. The predicted molar refractivity (Wildman–Crippen MR) is 135 cm³/mol. The second kappa shape index (κ2) is 9.85. The van der Waals surface area contributed by atoms with Crippen LogP contribution in [0.1, 0.15) is 24.5 Å². The monoisotopic (exact) mass is 483 g/mol. The van der Waals surface area contributed by atoms with Gasteiger partial charge < -0.3 is 15.0 Å². The molecule has 1 aliphatic heterocycles. The van der Waals surface area contributed by atoms with Gasteiger partial charge in [-0.15, -0.1) is 0 Å². The Morgan fingerprint density at radius 3 is 2.58 bits per heavy atom. The summed E-state index contributed by atoms with van der Waals surface area (Å²) in [5.74, 6) is 0.271. The number of halogens is 2. The second-order valence-electron chi connectivity index (χ2n) is 8.75. The van der Waals surface area contributed by atoms with Gasteiger partial charge in [-0.1, -0.05) is 47.4 Å². The predicted octanol–water partition coefficient (Wildman–Crippen LogP) is 6.55. The summed E-state index contributed by atoms with van der Waals surface area (Å²) in [6.07, 6.45) is 1.54. The zero-order valence-corrected chi connectivity index (χ0v) is 19.8. The molecule has 33 heavy (non-hydrogen) atoms. The van der Waals surface area contributed by atoms with Crippen LogP contribution in [0.3, 0.4) is 0 Å². The number of benzene rings is 3. The van der Waals surface area contributed by atoms with Gasteiger partial charge in [0.1, 0.15) is 5.82 Å². The highest BCUT2D eigenvalue weighted by Crippen LogP contribution is 2.28. The zero-order chi connectivity index (χ0) is 22.8. The first kappa shape index (κ1) is 22.4. The van der Waals surface area contributed by atoms with E-state index in [2.05, 4.69) is 32.0 Å².